The predicted molar refractivity (Wildman–Crippen MR) is 120 cm³/mol. The molecule has 3 aromatic rings. The van der Waals surface area contributed by atoms with Crippen molar-refractivity contribution in [1.82, 2.24) is 0 Å². The fraction of sp³-hybridized carbons (Fsp3) is 0.240. The topological polar surface area (TPSA) is 70.0 Å². The number of rotatable bonds is 7. The van der Waals surface area contributed by atoms with Gasteiger partial charge in [0.15, 0.2) is 6.10 Å². The normalized spacial score (nSPS) is 12.0. The summed E-state index contributed by atoms with van der Waals surface area (Å²) in [5.41, 5.74) is 2.16. The molecule has 1 atom stereocenters. The average Bonchev–Trinajstić information content (AvgIpc) is 2.72. The summed E-state index contributed by atoms with van der Waals surface area (Å²) in [5, 5.41) is 19.7. The van der Waals surface area contributed by atoms with Crippen molar-refractivity contribution < 1.29 is 28.5 Å². The first-order valence-corrected chi connectivity index (χ1v) is 10.1. The van der Waals surface area contributed by atoms with Gasteiger partial charge in [-0.2, -0.15) is 0 Å². The molecule has 3 aromatic carbocycles. The summed E-state index contributed by atoms with van der Waals surface area (Å²) >= 11 is 0. The number of anilines is 2. The van der Waals surface area contributed by atoms with E-state index in [1.807, 2.05) is 0 Å². The van der Waals surface area contributed by atoms with Gasteiger partial charge in [-0.3, -0.25) is 0 Å². The zero-order valence-electron chi connectivity index (χ0n) is 18.3. The number of ether oxygens (including phenoxy) is 1. The molecule has 0 aliphatic rings. The van der Waals surface area contributed by atoms with Gasteiger partial charge in [-0.15, -0.1) is 0 Å². The minimum Gasteiger partial charge on any atom is -0.508 e. The van der Waals surface area contributed by atoms with Crippen molar-refractivity contribution in [2.75, 3.05) is 11.9 Å². The van der Waals surface area contributed by atoms with E-state index in [-0.39, 0.29) is 23.1 Å². The van der Waals surface area contributed by atoms with Crippen molar-refractivity contribution in [3.8, 4) is 22.6 Å². The number of hydrogen-bond acceptors (Lipinski definition) is 4. The van der Waals surface area contributed by atoms with Crippen molar-refractivity contribution in [2.45, 2.75) is 26.9 Å². The Bertz CT molecular complexity index is 1150. The average molecular weight is 441 g/mol. The SMILES string of the molecule is Cc1c(OC(C(=O)O)C(C)C)ccc(F)c1N(C)c1cc(O)cc(-c2cccc(F)c2)c1. The number of carboxylic acids is 1. The molecule has 0 saturated heterocycles. The van der Waals surface area contributed by atoms with Crippen LogP contribution < -0.4 is 9.64 Å². The number of nitrogens with zero attached hydrogens (tertiary/aromatic N) is 1. The molecule has 2 N–H and O–H groups in total. The van der Waals surface area contributed by atoms with Gasteiger partial charge in [-0.1, -0.05) is 26.0 Å². The number of benzene rings is 3. The Balaban J connectivity index is 2.04. The van der Waals surface area contributed by atoms with Crippen LogP contribution in [0.1, 0.15) is 19.4 Å². The number of halogens is 2. The molecule has 0 spiro atoms. The molecule has 0 amide bonds. The highest BCUT2D eigenvalue weighted by molar-refractivity contribution is 5.77. The monoisotopic (exact) mass is 441 g/mol. The van der Waals surface area contributed by atoms with Crippen LogP contribution in [0.5, 0.6) is 11.5 Å². The highest BCUT2D eigenvalue weighted by Crippen LogP contribution is 2.38. The Morgan fingerprint density at radius 1 is 1.03 bits per heavy atom. The fourth-order valence-corrected chi connectivity index (χ4v) is 3.55. The number of phenolic OH excluding ortho intramolecular Hbond substituents is 1. The number of carbonyl (C=O) groups is 1. The van der Waals surface area contributed by atoms with Crippen LogP contribution in [0.15, 0.2) is 54.6 Å². The van der Waals surface area contributed by atoms with Gasteiger partial charge < -0.3 is 19.8 Å². The Morgan fingerprint density at radius 2 is 1.75 bits per heavy atom. The number of aromatic hydroxyl groups is 1. The first-order valence-electron chi connectivity index (χ1n) is 10.1. The molecule has 0 aliphatic carbocycles. The third kappa shape index (κ3) is 4.82. The van der Waals surface area contributed by atoms with Crippen molar-refractivity contribution in [2.24, 2.45) is 5.92 Å². The molecular formula is C25H25F2NO4. The van der Waals surface area contributed by atoms with Crippen LogP contribution in [-0.2, 0) is 4.79 Å². The molecule has 0 aliphatic heterocycles. The lowest BCUT2D eigenvalue weighted by atomic mass is 10.0. The Morgan fingerprint density at radius 3 is 2.38 bits per heavy atom. The van der Waals surface area contributed by atoms with Gasteiger partial charge in [-0.05, 0) is 54.4 Å². The first-order chi connectivity index (χ1) is 15.1. The van der Waals surface area contributed by atoms with Crippen LogP contribution in [0.2, 0.25) is 0 Å². The highest BCUT2D eigenvalue weighted by Gasteiger charge is 2.26. The quantitative estimate of drug-likeness (QED) is 0.478. The van der Waals surface area contributed by atoms with Crippen LogP contribution in [-0.4, -0.2) is 29.3 Å². The van der Waals surface area contributed by atoms with E-state index in [9.17, 15) is 23.8 Å². The first kappa shape index (κ1) is 23.1. The van der Waals surface area contributed by atoms with E-state index in [2.05, 4.69) is 0 Å². The molecule has 5 nitrogen and oxygen atoms in total. The third-order valence-electron chi connectivity index (χ3n) is 5.22. The van der Waals surface area contributed by atoms with E-state index in [1.54, 1.807) is 46.0 Å². The minimum atomic E-state index is -1.11. The predicted octanol–water partition coefficient (Wildman–Crippen LogP) is 5.90. The van der Waals surface area contributed by atoms with Gasteiger partial charge in [0.25, 0.3) is 0 Å². The lowest BCUT2D eigenvalue weighted by Crippen LogP contribution is -2.32. The summed E-state index contributed by atoms with van der Waals surface area (Å²) < 4.78 is 34.2. The molecule has 0 bridgehead atoms. The summed E-state index contributed by atoms with van der Waals surface area (Å²) in [7, 11) is 1.62. The maximum atomic E-state index is 14.9. The van der Waals surface area contributed by atoms with E-state index in [0.29, 0.717) is 22.4 Å². The zero-order valence-corrected chi connectivity index (χ0v) is 18.3. The van der Waals surface area contributed by atoms with Gasteiger partial charge in [0.2, 0.25) is 0 Å². The molecule has 0 saturated carbocycles. The number of hydrogen-bond donors (Lipinski definition) is 2. The summed E-state index contributed by atoms with van der Waals surface area (Å²) in [6.07, 6.45) is -1.09. The summed E-state index contributed by atoms with van der Waals surface area (Å²) in [6.45, 7) is 5.09. The standard InChI is InChI=1S/C25H25F2NO4/c1-14(2)24(25(30)31)32-22-9-8-21(27)23(15(22)3)28(4)19-11-17(12-20(29)13-19)16-6-5-7-18(26)10-16/h5-14,24,29H,1-4H3,(H,30,31). The second kappa shape index (κ2) is 9.26. The molecule has 1 unspecified atom stereocenters. The smallest absolute Gasteiger partial charge is 0.345 e. The summed E-state index contributed by atoms with van der Waals surface area (Å²) in [4.78, 5) is 13.1. The second-order valence-corrected chi connectivity index (χ2v) is 7.95. The van der Waals surface area contributed by atoms with E-state index in [0.717, 1.165) is 0 Å². The van der Waals surface area contributed by atoms with Crippen molar-refractivity contribution in [1.29, 1.82) is 0 Å². The largest absolute Gasteiger partial charge is 0.508 e. The lowest BCUT2D eigenvalue weighted by Gasteiger charge is -2.26. The zero-order chi connectivity index (χ0) is 23.6. The van der Waals surface area contributed by atoms with Crippen LogP contribution in [0.25, 0.3) is 11.1 Å². The van der Waals surface area contributed by atoms with Crippen LogP contribution in [0, 0.1) is 24.5 Å². The molecular weight excluding hydrogens is 416 g/mol. The van der Waals surface area contributed by atoms with Gasteiger partial charge in [0, 0.05) is 30.3 Å². The van der Waals surface area contributed by atoms with E-state index in [4.69, 9.17) is 4.74 Å². The third-order valence-corrected chi connectivity index (χ3v) is 5.22. The Labute approximate surface area is 185 Å². The maximum absolute atomic E-state index is 14.9. The Hall–Kier alpha value is -3.61. The summed E-state index contributed by atoms with van der Waals surface area (Å²) in [5.74, 6) is -2.16. The van der Waals surface area contributed by atoms with Crippen LogP contribution in [0.3, 0.4) is 0 Å². The molecule has 32 heavy (non-hydrogen) atoms. The molecule has 0 fully saturated rings. The summed E-state index contributed by atoms with van der Waals surface area (Å²) in [6, 6.07) is 13.2. The molecule has 0 radical (unpaired) electrons. The molecule has 0 aromatic heterocycles. The number of carboxylic acid groups (broad SMARTS) is 1. The van der Waals surface area contributed by atoms with Crippen molar-refractivity contribution in [3.63, 3.8) is 0 Å². The van der Waals surface area contributed by atoms with Crippen molar-refractivity contribution in [3.05, 3.63) is 71.8 Å². The van der Waals surface area contributed by atoms with Crippen molar-refractivity contribution >= 4 is 17.3 Å². The lowest BCUT2D eigenvalue weighted by molar-refractivity contribution is -0.147. The number of phenols is 1. The van der Waals surface area contributed by atoms with Gasteiger partial charge >= 0.3 is 5.97 Å². The fourth-order valence-electron chi connectivity index (χ4n) is 3.55. The highest BCUT2D eigenvalue weighted by atomic mass is 19.1. The van der Waals surface area contributed by atoms with Gasteiger partial charge in [0.1, 0.15) is 23.1 Å². The Kier molecular flexibility index (Phi) is 6.67. The minimum absolute atomic E-state index is 0.0650. The van der Waals surface area contributed by atoms with Gasteiger partial charge in [-0.25, -0.2) is 13.6 Å². The van der Waals surface area contributed by atoms with Crippen LogP contribution >= 0.6 is 0 Å². The molecule has 3 rings (SSSR count). The second-order valence-electron chi connectivity index (χ2n) is 7.95. The van der Waals surface area contributed by atoms with E-state index < -0.39 is 23.7 Å². The van der Waals surface area contributed by atoms with Gasteiger partial charge in [0.05, 0.1) is 5.69 Å². The molecule has 168 valence electrons. The molecule has 7 heteroatoms. The number of aliphatic carboxylic acids is 1. The van der Waals surface area contributed by atoms with E-state index >= 15 is 0 Å². The molecule has 0 heterocycles. The maximum Gasteiger partial charge on any atom is 0.345 e. The van der Waals surface area contributed by atoms with E-state index in [1.165, 1.54) is 41.3 Å². The van der Waals surface area contributed by atoms with Crippen LogP contribution in [0.4, 0.5) is 20.2 Å².